The van der Waals surface area contributed by atoms with Gasteiger partial charge < -0.3 is 5.21 Å². The summed E-state index contributed by atoms with van der Waals surface area (Å²) in [5.41, 5.74) is 4.00. The van der Waals surface area contributed by atoms with Crippen LogP contribution in [0.5, 0.6) is 0 Å². The van der Waals surface area contributed by atoms with Crippen LogP contribution in [0.1, 0.15) is 16.1 Å². The number of aromatic nitrogens is 1. The summed E-state index contributed by atoms with van der Waals surface area (Å²) in [6.07, 6.45) is 2.27. The van der Waals surface area contributed by atoms with Crippen LogP contribution in [-0.4, -0.2) is 22.1 Å². The maximum Gasteiger partial charge on any atom is 0.167 e. The van der Waals surface area contributed by atoms with Gasteiger partial charge in [-0.2, -0.15) is 0 Å². The fraction of sp³-hybridized carbons (Fsp3) is 0. The second-order valence-electron chi connectivity index (χ2n) is 5.11. The van der Waals surface area contributed by atoms with Crippen LogP contribution in [0.3, 0.4) is 0 Å². The zero-order valence-corrected chi connectivity index (χ0v) is 12.8. The molecule has 0 amide bonds. The molecule has 0 saturated heterocycles. The van der Waals surface area contributed by atoms with Gasteiger partial charge in [-0.15, -0.1) is 11.3 Å². The molecular weight excluding hydrogens is 308 g/mol. The molecule has 0 fully saturated rings. The predicted molar refractivity (Wildman–Crippen MR) is 93.0 cm³/mol. The Morgan fingerprint density at radius 2 is 1.78 bits per heavy atom. The van der Waals surface area contributed by atoms with Crippen LogP contribution in [0.25, 0.3) is 26.2 Å². The molecule has 2 aromatic heterocycles. The number of hydrogen-bond acceptors (Lipinski definition) is 4. The number of fused-ring (bicyclic) bond motifs is 3. The van der Waals surface area contributed by atoms with Crippen molar-refractivity contribution in [3.05, 3.63) is 65.9 Å². The van der Waals surface area contributed by atoms with Crippen molar-refractivity contribution in [2.75, 3.05) is 0 Å². The summed E-state index contributed by atoms with van der Waals surface area (Å²) in [5.74, 6) is 0. The molecule has 0 aliphatic heterocycles. The lowest BCUT2D eigenvalue weighted by atomic mass is 10.0. The fourth-order valence-corrected chi connectivity index (χ4v) is 4.13. The van der Waals surface area contributed by atoms with E-state index in [2.05, 4.69) is 5.16 Å². The first-order valence-electron chi connectivity index (χ1n) is 7.09. The molecule has 4 aromatic rings. The van der Waals surface area contributed by atoms with Gasteiger partial charge in [-0.3, -0.25) is 9.20 Å². The third-order valence-corrected chi connectivity index (χ3v) is 5.03. The molecule has 4 rings (SSSR count). The number of hydrogen-bond donors (Lipinski definition) is 1. The molecule has 0 saturated carbocycles. The quantitative estimate of drug-likeness (QED) is 0.262. The van der Waals surface area contributed by atoms with Crippen molar-refractivity contribution in [3.63, 3.8) is 0 Å². The SMILES string of the molecule is O=Cc1c(-c2ccccc2)c(/C=N/O)c2sc3ccccc3n12. The Kier molecular flexibility index (Phi) is 3.20. The molecule has 112 valence electrons. The van der Waals surface area contributed by atoms with Crippen LogP contribution in [0.2, 0.25) is 0 Å². The van der Waals surface area contributed by atoms with E-state index in [4.69, 9.17) is 5.21 Å². The first-order chi connectivity index (χ1) is 11.3. The van der Waals surface area contributed by atoms with Gasteiger partial charge in [0.25, 0.3) is 0 Å². The van der Waals surface area contributed by atoms with Gasteiger partial charge in [-0.25, -0.2) is 0 Å². The molecule has 5 heteroatoms. The molecule has 0 unspecified atom stereocenters. The average Bonchev–Trinajstić information content (AvgIpc) is 3.11. The van der Waals surface area contributed by atoms with Crippen molar-refractivity contribution in [2.45, 2.75) is 0 Å². The first kappa shape index (κ1) is 13.7. The number of oxime groups is 1. The highest BCUT2D eigenvalue weighted by Crippen LogP contribution is 2.38. The molecular formula is C18H12N2O2S. The van der Waals surface area contributed by atoms with Crippen LogP contribution in [0.4, 0.5) is 0 Å². The van der Waals surface area contributed by atoms with Gasteiger partial charge in [0.15, 0.2) is 6.29 Å². The van der Waals surface area contributed by atoms with Gasteiger partial charge in [0, 0.05) is 11.1 Å². The van der Waals surface area contributed by atoms with E-state index in [1.807, 2.05) is 59.0 Å². The summed E-state index contributed by atoms with van der Waals surface area (Å²) in [5, 5.41) is 12.3. The van der Waals surface area contributed by atoms with E-state index in [9.17, 15) is 4.79 Å². The number of para-hydroxylation sites is 1. The van der Waals surface area contributed by atoms with E-state index < -0.39 is 0 Å². The maximum absolute atomic E-state index is 11.9. The molecule has 0 aliphatic rings. The monoisotopic (exact) mass is 320 g/mol. The van der Waals surface area contributed by atoms with Gasteiger partial charge in [0.2, 0.25) is 0 Å². The molecule has 2 aromatic carbocycles. The molecule has 23 heavy (non-hydrogen) atoms. The minimum absolute atomic E-state index is 0.568. The van der Waals surface area contributed by atoms with Crippen LogP contribution in [0, 0.1) is 0 Å². The fourth-order valence-electron chi connectivity index (χ4n) is 2.96. The molecule has 1 N–H and O–H groups in total. The smallest absolute Gasteiger partial charge is 0.167 e. The second-order valence-corrected chi connectivity index (χ2v) is 6.14. The predicted octanol–water partition coefficient (Wildman–Crippen LogP) is 4.44. The highest BCUT2D eigenvalue weighted by Gasteiger charge is 2.21. The lowest BCUT2D eigenvalue weighted by Gasteiger charge is -2.02. The Bertz CT molecular complexity index is 1050. The zero-order chi connectivity index (χ0) is 15.8. The Morgan fingerprint density at radius 3 is 2.52 bits per heavy atom. The van der Waals surface area contributed by atoms with E-state index in [1.54, 1.807) is 11.3 Å². The minimum atomic E-state index is 0.568. The van der Waals surface area contributed by atoms with Crippen molar-refractivity contribution >= 4 is 38.9 Å². The van der Waals surface area contributed by atoms with Crippen LogP contribution >= 0.6 is 11.3 Å². The van der Waals surface area contributed by atoms with Crippen molar-refractivity contribution in [2.24, 2.45) is 5.16 Å². The Hall–Kier alpha value is -2.92. The highest BCUT2D eigenvalue weighted by molar-refractivity contribution is 7.24. The Labute approximate surface area is 135 Å². The van der Waals surface area contributed by atoms with Crippen molar-refractivity contribution in [3.8, 4) is 11.1 Å². The van der Waals surface area contributed by atoms with E-state index in [0.29, 0.717) is 5.69 Å². The molecule has 0 aliphatic carbocycles. The lowest BCUT2D eigenvalue weighted by molar-refractivity contribution is 0.111. The van der Waals surface area contributed by atoms with Gasteiger partial charge in [-0.05, 0) is 17.7 Å². The topological polar surface area (TPSA) is 54.1 Å². The number of aldehydes is 1. The summed E-state index contributed by atoms with van der Waals surface area (Å²) in [6.45, 7) is 0. The third-order valence-electron chi connectivity index (χ3n) is 3.87. The summed E-state index contributed by atoms with van der Waals surface area (Å²) in [7, 11) is 0. The van der Waals surface area contributed by atoms with Crippen LogP contribution in [0.15, 0.2) is 59.8 Å². The largest absolute Gasteiger partial charge is 0.411 e. The Balaban J connectivity index is 2.21. The van der Waals surface area contributed by atoms with Crippen LogP contribution < -0.4 is 0 Å². The normalized spacial score (nSPS) is 11.7. The van der Waals surface area contributed by atoms with Crippen molar-refractivity contribution < 1.29 is 10.0 Å². The second kappa shape index (κ2) is 5.37. The maximum atomic E-state index is 11.9. The van der Waals surface area contributed by atoms with Gasteiger partial charge >= 0.3 is 0 Å². The Morgan fingerprint density at radius 1 is 1.04 bits per heavy atom. The van der Waals surface area contributed by atoms with Crippen molar-refractivity contribution in [1.82, 2.24) is 4.40 Å². The van der Waals surface area contributed by atoms with E-state index in [1.165, 1.54) is 6.21 Å². The summed E-state index contributed by atoms with van der Waals surface area (Å²) in [4.78, 5) is 12.7. The van der Waals surface area contributed by atoms with Gasteiger partial charge in [-0.1, -0.05) is 47.6 Å². The summed E-state index contributed by atoms with van der Waals surface area (Å²) in [6, 6.07) is 17.6. The molecule has 0 bridgehead atoms. The van der Waals surface area contributed by atoms with Gasteiger partial charge in [0.1, 0.15) is 4.83 Å². The number of thiazole rings is 1. The molecule has 4 nitrogen and oxygen atoms in total. The lowest BCUT2D eigenvalue weighted by Crippen LogP contribution is -1.92. The molecule has 0 radical (unpaired) electrons. The number of carbonyl (C=O) groups is 1. The van der Waals surface area contributed by atoms with Crippen molar-refractivity contribution in [1.29, 1.82) is 0 Å². The molecule has 2 heterocycles. The van der Waals surface area contributed by atoms with E-state index in [-0.39, 0.29) is 0 Å². The summed E-state index contributed by atoms with van der Waals surface area (Å²) < 4.78 is 3.02. The number of rotatable bonds is 3. The van der Waals surface area contributed by atoms with E-state index in [0.717, 1.165) is 38.0 Å². The standard InChI is InChI=1S/C18H12N2O2S/c21-11-15-17(12-6-2-1-3-7-12)13(10-19-22)18-20(15)14-8-4-5-9-16(14)23-18/h1-11,22H/b19-10+. The van der Waals surface area contributed by atoms with E-state index >= 15 is 0 Å². The number of carbonyl (C=O) groups excluding carboxylic acids is 1. The first-order valence-corrected chi connectivity index (χ1v) is 7.90. The average molecular weight is 320 g/mol. The number of benzene rings is 2. The zero-order valence-electron chi connectivity index (χ0n) is 12.0. The highest BCUT2D eigenvalue weighted by atomic mass is 32.1. The van der Waals surface area contributed by atoms with Gasteiger partial charge in [0.05, 0.1) is 22.1 Å². The molecule has 0 spiro atoms. The minimum Gasteiger partial charge on any atom is -0.411 e. The number of nitrogens with zero attached hydrogens (tertiary/aromatic N) is 2. The molecule has 0 atom stereocenters. The van der Waals surface area contributed by atoms with Crippen LogP contribution in [-0.2, 0) is 0 Å². The summed E-state index contributed by atoms with van der Waals surface area (Å²) >= 11 is 1.57. The third kappa shape index (κ3) is 1.98.